The highest BCUT2D eigenvalue weighted by atomic mass is 32.1. The van der Waals surface area contributed by atoms with E-state index in [0.717, 1.165) is 36.0 Å². The number of aryl methyl sites for hydroxylation is 2. The van der Waals surface area contributed by atoms with E-state index in [0.29, 0.717) is 11.6 Å². The largest absolute Gasteiger partial charge is 0.301 e. The lowest BCUT2D eigenvalue weighted by Gasteiger charge is -2.17. The maximum absolute atomic E-state index is 13.5. The van der Waals surface area contributed by atoms with Gasteiger partial charge < -0.3 is 5.32 Å². The van der Waals surface area contributed by atoms with Crippen LogP contribution in [0.3, 0.4) is 0 Å². The molecule has 2 nitrogen and oxygen atoms in total. The summed E-state index contributed by atoms with van der Waals surface area (Å²) in [4.78, 5) is 5.83. The maximum Gasteiger partial charge on any atom is 0.126 e. The summed E-state index contributed by atoms with van der Waals surface area (Å²) in [5.74, 6) is -1.09. The van der Waals surface area contributed by atoms with Gasteiger partial charge in [-0.15, -0.1) is 11.3 Å². The fourth-order valence-electron chi connectivity index (χ4n) is 2.44. The Morgan fingerprint density at radius 1 is 1.29 bits per heavy atom. The lowest BCUT2D eigenvalue weighted by atomic mass is 10.1. The number of benzene rings is 1. The first kappa shape index (κ1) is 14.6. The van der Waals surface area contributed by atoms with Crippen molar-refractivity contribution < 1.29 is 8.78 Å². The van der Waals surface area contributed by atoms with Gasteiger partial charge in [-0.05, 0) is 43.9 Å². The number of aromatic nitrogens is 1. The van der Waals surface area contributed by atoms with Gasteiger partial charge in [0.2, 0.25) is 0 Å². The third kappa shape index (κ3) is 3.30. The molecular weight excluding hydrogens is 290 g/mol. The molecule has 5 heteroatoms. The molecule has 112 valence electrons. The van der Waals surface area contributed by atoms with Crippen LogP contribution in [-0.4, -0.2) is 11.0 Å². The van der Waals surface area contributed by atoms with E-state index in [1.165, 1.54) is 17.0 Å². The molecule has 0 spiro atoms. The van der Waals surface area contributed by atoms with Crippen LogP contribution in [-0.2, 0) is 6.42 Å². The van der Waals surface area contributed by atoms with Crippen molar-refractivity contribution in [3.63, 3.8) is 0 Å². The lowest BCUT2D eigenvalue weighted by Crippen LogP contribution is -2.24. The average molecular weight is 308 g/mol. The smallest absolute Gasteiger partial charge is 0.126 e. The molecule has 1 unspecified atom stereocenters. The Balaban J connectivity index is 1.99. The third-order valence-electron chi connectivity index (χ3n) is 3.69. The van der Waals surface area contributed by atoms with Gasteiger partial charge in [0, 0.05) is 17.0 Å². The predicted molar refractivity (Wildman–Crippen MR) is 80.6 cm³/mol. The van der Waals surface area contributed by atoms with Crippen molar-refractivity contribution in [1.29, 1.82) is 0 Å². The summed E-state index contributed by atoms with van der Waals surface area (Å²) in [6, 6.07) is 3.89. The highest BCUT2D eigenvalue weighted by molar-refractivity contribution is 7.11. The predicted octanol–water partition coefficient (Wildman–Crippen LogP) is 4.13. The molecule has 2 aromatic rings. The van der Waals surface area contributed by atoms with Gasteiger partial charge in [0.25, 0.3) is 0 Å². The molecule has 0 radical (unpaired) electrons. The van der Waals surface area contributed by atoms with E-state index in [1.54, 1.807) is 11.3 Å². The van der Waals surface area contributed by atoms with Crippen molar-refractivity contribution in [2.45, 2.75) is 45.2 Å². The number of thiazole rings is 1. The van der Waals surface area contributed by atoms with Crippen molar-refractivity contribution in [2.24, 2.45) is 0 Å². The first-order valence-corrected chi connectivity index (χ1v) is 8.06. The Morgan fingerprint density at radius 2 is 1.95 bits per heavy atom. The normalized spacial score (nSPS) is 16.2. The van der Waals surface area contributed by atoms with Gasteiger partial charge in [-0.3, -0.25) is 0 Å². The molecule has 1 aliphatic carbocycles. The van der Waals surface area contributed by atoms with Crippen LogP contribution in [0.1, 0.15) is 46.9 Å². The van der Waals surface area contributed by atoms with Crippen LogP contribution in [0.15, 0.2) is 18.2 Å². The van der Waals surface area contributed by atoms with Gasteiger partial charge in [0.1, 0.15) is 16.6 Å². The van der Waals surface area contributed by atoms with Crippen molar-refractivity contribution in [1.82, 2.24) is 10.3 Å². The Bertz CT molecular complexity index is 629. The van der Waals surface area contributed by atoms with E-state index in [-0.39, 0.29) is 6.04 Å². The van der Waals surface area contributed by atoms with Crippen molar-refractivity contribution >= 4 is 11.3 Å². The molecule has 1 heterocycles. The molecular formula is C16H18F2N2S. The van der Waals surface area contributed by atoms with Crippen LogP contribution in [0.2, 0.25) is 0 Å². The molecule has 1 atom stereocenters. The molecule has 1 saturated carbocycles. The van der Waals surface area contributed by atoms with Gasteiger partial charge in [-0.25, -0.2) is 13.8 Å². The van der Waals surface area contributed by atoms with Gasteiger partial charge in [0.15, 0.2) is 0 Å². The maximum atomic E-state index is 13.5. The van der Waals surface area contributed by atoms with Crippen LogP contribution in [0.25, 0.3) is 0 Å². The molecule has 0 aliphatic heterocycles. The standard InChI is InChI=1S/C16H18F2N2S/c1-3-14-9(2)21-16(20-14)15(19-13-4-5-13)10-6-11(17)8-12(18)7-10/h6-8,13,15,19H,3-5H2,1-2H3. The van der Waals surface area contributed by atoms with Gasteiger partial charge in [-0.1, -0.05) is 6.92 Å². The number of nitrogens with zero attached hydrogens (tertiary/aromatic N) is 1. The average Bonchev–Trinajstić information content (AvgIpc) is 3.17. The number of hydrogen-bond acceptors (Lipinski definition) is 3. The topological polar surface area (TPSA) is 24.9 Å². The molecule has 0 bridgehead atoms. The quantitative estimate of drug-likeness (QED) is 0.898. The summed E-state index contributed by atoms with van der Waals surface area (Å²) >= 11 is 1.60. The zero-order valence-electron chi connectivity index (χ0n) is 12.1. The Kier molecular flexibility index (Phi) is 4.04. The molecule has 1 N–H and O–H groups in total. The SMILES string of the molecule is CCc1nc(C(NC2CC2)c2cc(F)cc(F)c2)sc1C. The third-order valence-corrected chi connectivity index (χ3v) is 4.77. The van der Waals surface area contributed by atoms with E-state index in [4.69, 9.17) is 0 Å². The number of nitrogens with one attached hydrogen (secondary N) is 1. The van der Waals surface area contributed by atoms with Crippen LogP contribution >= 0.6 is 11.3 Å². The van der Waals surface area contributed by atoms with Crippen LogP contribution in [0, 0.1) is 18.6 Å². The Morgan fingerprint density at radius 3 is 2.48 bits per heavy atom. The van der Waals surface area contributed by atoms with Crippen LogP contribution in [0.5, 0.6) is 0 Å². The fraction of sp³-hybridized carbons (Fsp3) is 0.438. The fourth-order valence-corrected chi connectivity index (χ4v) is 3.54. The summed E-state index contributed by atoms with van der Waals surface area (Å²) < 4.78 is 27.0. The van der Waals surface area contributed by atoms with E-state index in [9.17, 15) is 8.78 Å². The monoisotopic (exact) mass is 308 g/mol. The summed E-state index contributed by atoms with van der Waals surface area (Å²) in [5, 5.41) is 4.35. The highest BCUT2D eigenvalue weighted by Crippen LogP contribution is 2.32. The van der Waals surface area contributed by atoms with E-state index in [1.807, 2.05) is 6.92 Å². The zero-order chi connectivity index (χ0) is 15.0. The summed E-state index contributed by atoms with van der Waals surface area (Å²) in [6.45, 7) is 4.11. The molecule has 0 amide bonds. The molecule has 3 rings (SSSR count). The molecule has 21 heavy (non-hydrogen) atoms. The second-order valence-corrected chi connectivity index (χ2v) is 6.72. The van der Waals surface area contributed by atoms with Gasteiger partial charge in [-0.2, -0.15) is 0 Å². The van der Waals surface area contributed by atoms with E-state index in [2.05, 4.69) is 17.2 Å². The molecule has 1 aromatic carbocycles. The Labute approximate surface area is 127 Å². The van der Waals surface area contributed by atoms with Crippen LogP contribution in [0.4, 0.5) is 8.78 Å². The molecule has 1 aliphatic rings. The summed E-state index contributed by atoms with van der Waals surface area (Å²) in [5.41, 5.74) is 1.67. The van der Waals surface area contributed by atoms with Crippen molar-refractivity contribution in [3.8, 4) is 0 Å². The van der Waals surface area contributed by atoms with E-state index >= 15 is 0 Å². The molecule has 1 aromatic heterocycles. The van der Waals surface area contributed by atoms with Gasteiger partial charge in [0.05, 0.1) is 11.7 Å². The van der Waals surface area contributed by atoms with Crippen LogP contribution < -0.4 is 5.32 Å². The van der Waals surface area contributed by atoms with Gasteiger partial charge >= 0.3 is 0 Å². The summed E-state index contributed by atoms with van der Waals surface area (Å²) in [6.07, 6.45) is 3.09. The first-order valence-electron chi connectivity index (χ1n) is 7.25. The number of halogens is 2. The van der Waals surface area contributed by atoms with E-state index < -0.39 is 11.6 Å². The highest BCUT2D eigenvalue weighted by Gasteiger charge is 2.29. The molecule has 1 fully saturated rings. The second kappa shape index (κ2) is 5.81. The minimum absolute atomic E-state index is 0.230. The Hall–Kier alpha value is -1.33. The minimum atomic E-state index is -0.545. The number of hydrogen-bond donors (Lipinski definition) is 1. The number of rotatable bonds is 5. The lowest BCUT2D eigenvalue weighted by molar-refractivity contribution is 0.557. The minimum Gasteiger partial charge on any atom is -0.301 e. The van der Waals surface area contributed by atoms with Crippen molar-refractivity contribution in [2.75, 3.05) is 0 Å². The molecule has 0 saturated heterocycles. The zero-order valence-corrected chi connectivity index (χ0v) is 12.9. The van der Waals surface area contributed by atoms with Crippen molar-refractivity contribution in [3.05, 3.63) is 51.0 Å². The second-order valence-electron chi connectivity index (χ2n) is 5.49. The summed E-state index contributed by atoms with van der Waals surface area (Å²) in [7, 11) is 0. The first-order chi connectivity index (χ1) is 10.1.